The Labute approximate surface area is 125 Å². The molecule has 1 aromatic rings. The summed E-state index contributed by atoms with van der Waals surface area (Å²) < 4.78 is 26.6. The van der Waals surface area contributed by atoms with Gasteiger partial charge >= 0.3 is 5.97 Å². The molecule has 21 heavy (non-hydrogen) atoms. The molecule has 6 heteroatoms. The molecule has 0 atom stereocenters. The quantitative estimate of drug-likeness (QED) is 0.542. The highest BCUT2D eigenvalue weighted by Gasteiger charge is 2.12. The van der Waals surface area contributed by atoms with Gasteiger partial charge in [0, 0.05) is 12.6 Å². The molecule has 0 aromatic heterocycles. The van der Waals surface area contributed by atoms with E-state index in [1.54, 1.807) is 12.1 Å². The predicted octanol–water partition coefficient (Wildman–Crippen LogP) is 2.64. The van der Waals surface area contributed by atoms with Crippen LogP contribution in [0.1, 0.15) is 38.2 Å². The number of benzene rings is 1. The molecule has 0 aliphatic carbocycles. The summed E-state index contributed by atoms with van der Waals surface area (Å²) in [5, 5.41) is 8.52. The monoisotopic (exact) mass is 311 g/mol. The van der Waals surface area contributed by atoms with Crippen LogP contribution in [0.15, 0.2) is 35.2 Å². The van der Waals surface area contributed by atoms with Gasteiger partial charge in [0.2, 0.25) is 10.0 Å². The summed E-state index contributed by atoms with van der Waals surface area (Å²) in [6.45, 7) is 2.54. The largest absolute Gasteiger partial charge is 0.478 e. The van der Waals surface area contributed by atoms with E-state index in [9.17, 15) is 13.2 Å². The van der Waals surface area contributed by atoms with Crippen LogP contribution in [0.5, 0.6) is 0 Å². The Morgan fingerprint density at radius 2 is 1.86 bits per heavy atom. The molecule has 0 amide bonds. The molecule has 0 aliphatic heterocycles. The maximum atomic E-state index is 12.0. The van der Waals surface area contributed by atoms with Crippen molar-refractivity contribution < 1.29 is 18.3 Å². The molecule has 0 aliphatic rings. The number of sulfonamides is 1. The molecule has 0 saturated carbocycles. The zero-order valence-corrected chi connectivity index (χ0v) is 12.9. The number of carboxylic acids is 1. The molecule has 5 nitrogen and oxygen atoms in total. The van der Waals surface area contributed by atoms with Crippen molar-refractivity contribution in [3.8, 4) is 0 Å². The first-order valence-electron chi connectivity index (χ1n) is 6.96. The average Bonchev–Trinajstić information content (AvgIpc) is 2.45. The predicted molar refractivity (Wildman–Crippen MR) is 82.4 cm³/mol. The van der Waals surface area contributed by atoms with E-state index in [0.717, 1.165) is 31.8 Å². The maximum absolute atomic E-state index is 12.0. The van der Waals surface area contributed by atoms with E-state index < -0.39 is 16.0 Å². The van der Waals surface area contributed by atoms with Crippen LogP contribution in [0.25, 0.3) is 6.08 Å². The fourth-order valence-corrected chi connectivity index (χ4v) is 2.84. The third-order valence-corrected chi connectivity index (χ3v) is 4.41. The average molecular weight is 311 g/mol. The summed E-state index contributed by atoms with van der Waals surface area (Å²) in [5.41, 5.74) is 0.638. The number of hydrogen-bond acceptors (Lipinski definition) is 3. The summed E-state index contributed by atoms with van der Waals surface area (Å²) in [6.07, 6.45) is 6.47. The second-order valence-corrected chi connectivity index (χ2v) is 6.47. The molecule has 1 aromatic carbocycles. The Kier molecular flexibility index (Phi) is 7.11. The van der Waals surface area contributed by atoms with Crippen molar-refractivity contribution >= 4 is 22.1 Å². The minimum atomic E-state index is -3.49. The van der Waals surface area contributed by atoms with E-state index >= 15 is 0 Å². The first kappa shape index (κ1) is 17.4. The maximum Gasteiger partial charge on any atom is 0.328 e. The minimum absolute atomic E-state index is 0.186. The van der Waals surface area contributed by atoms with Crippen molar-refractivity contribution in [3.63, 3.8) is 0 Å². The highest BCUT2D eigenvalue weighted by Crippen LogP contribution is 2.12. The van der Waals surface area contributed by atoms with E-state index in [2.05, 4.69) is 11.6 Å². The standard InChI is InChI=1S/C15H21NO4S/c1-2-3-4-5-12-16-21(19,20)14-9-6-13(7-10-14)8-11-15(17)18/h6-11,16H,2-5,12H2,1H3,(H,17,18)/b11-8+. The van der Waals surface area contributed by atoms with Crippen LogP contribution < -0.4 is 4.72 Å². The molecule has 116 valence electrons. The lowest BCUT2D eigenvalue weighted by Gasteiger charge is -2.06. The Balaban J connectivity index is 2.61. The van der Waals surface area contributed by atoms with Crippen molar-refractivity contribution in [2.24, 2.45) is 0 Å². The lowest BCUT2D eigenvalue weighted by atomic mass is 10.2. The second-order valence-electron chi connectivity index (χ2n) is 4.70. The summed E-state index contributed by atoms with van der Waals surface area (Å²) in [5.74, 6) is -1.04. The molecule has 0 saturated heterocycles. The Bertz CT molecular complexity index is 576. The molecule has 0 bridgehead atoms. The summed E-state index contributed by atoms with van der Waals surface area (Å²) >= 11 is 0. The van der Waals surface area contributed by atoms with Gasteiger partial charge in [-0.1, -0.05) is 38.3 Å². The fraction of sp³-hybridized carbons (Fsp3) is 0.400. The SMILES string of the molecule is CCCCCCNS(=O)(=O)c1ccc(/C=C/C(=O)O)cc1. The van der Waals surface area contributed by atoms with Gasteiger partial charge < -0.3 is 5.11 Å². The number of nitrogens with one attached hydrogen (secondary N) is 1. The molecule has 0 radical (unpaired) electrons. The first-order chi connectivity index (χ1) is 9.95. The summed E-state index contributed by atoms with van der Waals surface area (Å²) in [7, 11) is -3.49. The van der Waals surface area contributed by atoms with E-state index in [-0.39, 0.29) is 4.90 Å². The minimum Gasteiger partial charge on any atom is -0.478 e. The number of rotatable bonds is 9. The zero-order valence-electron chi connectivity index (χ0n) is 12.1. The molecule has 1 rings (SSSR count). The first-order valence-corrected chi connectivity index (χ1v) is 8.45. The lowest BCUT2D eigenvalue weighted by Crippen LogP contribution is -2.24. The van der Waals surface area contributed by atoms with Gasteiger partial charge in [-0.2, -0.15) is 0 Å². The molecule has 0 fully saturated rings. The van der Waals surface area contributed by atoms with Gasteiger partial charge in [0.05, 0.1) is 4.90 Å². The highest BCUT2D eigenvalue weighted by atomic mass is 32.2. The Morgan fingerprint density at radius 3 is 2.43 bits per heavy atom. The van der Waals surface area contributed by atoms with Crippen LogP contribution in [-0.2, 0) is 14.8 Å². The van der Waals surface area contributed by atoms with Crippen LogP contribution in [0.4, 0.5) is 0 Å². The number of carboxylic acid groups (broad SMARTS) is 1. The third kappa shape index (κ3) is 6.55. The number of hydrogen-bond donors (Lipinski definition) is 2. The van der Waals surface area contributed by atoms with Crippen LogP contribution in [-0.4, -0.2) is 26.0 Å². The third-order valence-electron chi connectivity index (χ3n) is 2.93. The van der Waals surface area contributed by atoms with E-state index in [1.807, 2.05) is 0 Å². The van der Waals surface area contributed by atoms with Gasteiger partial charge in [0.1, 0.15) is 0 Å². The van der Waals surface area contributed by atoms with Gasteiger partial charge in [0.25, 0.3) is 0 Å². The fourth-order valence-electron chi connectivity index (χ4n) is 1.77. The molecular weight excluding hydrogens is 290 g/mol. The van der Waals surface area contributed by atoms with Crippen molar-refractivity contribution in [1.29, 1.82) is 0 Å². The summed E-state index contributed by atoms with van der Waals surface area (Å²) in [6, 6.07) is 6.09. The van der Waals surface area contributed by atoms with Crippen molar-refractivity contribution in [2.75, 3.05) is 6.54 Å². The number of aliphatic carboxylic acids is 1. The van der Waals surface area contributed by atoms with Crippen LogP contribution >= 0.6 is 0 Å². The van der Waals surface area contributed by atoms with Crippen molar-refractivity contribution in [1.82, 2.24) is 4.72 Å². The topological polar surface area (TPSA) is 83.5 Å². The van der Waals surface area contributed by atoms with Gasteiger partial charge in [0.15, 0.2) is 0 Å². The van der Waals surface area contributed by atoms with Crippen LogP contribution in [0, 0.1) is 0 Å². The smallest absolute Gasteiger partial charge is 0.328 e. The molecular formula is C15H21NO4S. The molecule has 0 unspecified atom stereocenters. The zero-order chi connectivity index (χ0) is 15.7. The number of unbranched alkanes of at least 4 members (excludes halogenated alkanes) is 3. The van der Waals surface area contributed by atoms with E-state index in [1.165, 1.54) is 18.2 Å². The van der Waals surface area contributed by atoms with Gasteiger partial charge in [-0.15, -0.1) is 0 Å². The normalized spacial score (nSPS) is 11.9. The van der Waals surface area contributed by atoms with E-state index in [4.69, 9.17) is 5.11 Å². The molecule has 2 N–H and O–H groups in total. The lowest BCUT2D eigenvalue weighted by molar-refractivity contribution is -0.131. The molecule has 0 heterocycles. The Morgan fingerprint density at radius 1 is 1.19 bits per heavy atom. The Hall–Kier alpha value is -1.66. The molecule has 0 spiro atoms. The summed E-state index contributed by atoms with van der Waals surface area (Å²) in [4.78, 5) is 10.6. The van der Waals surface area contributed by atoms with Gasteiger partial charge in [-0.25, -0.2) is 17.9 Å². The van der Waals surface area contributed by atoms with E-state index in [0.29, 0.717) is 12.1 Å². The van der Waals surface area contributed by atoms with Crippen molar-refractivity contribution in [3.05, 3.63) is 35.9 Å². The number of carbonyl (C=O) groups is 1. The highest BCUT2D eigenvalue weighted by molar-refractivity contribution is 7.89. The van der Waals surface area contributed by atoms with Gasteiger partial charge in [-0.3, -0.25) is 0 Å². The van der Waals surface area contributed by atoms with Gasteiger partial charge in [-0.05, 0) is 30.2 Å². The van der Waals surface area contributed by atoms with Crippen LogP contribution in [0.2, 0.25) is 0 Å². The van der Waals surface area contributed by atoms with Crippen LogP contribution in [0.3, 0.4) is 0 Å². The van der Waals surface area contributed by atoms with Crippen molar-refractivity contribution in [2.45, 2.75) is 37.5 Å². The second kappa shape index (κ2) is 8.59.